The molecular weight excluding hydrogens is 161 g/mol. The van der Waals surface area contributed by atoms with E-state index in [0.717, 1.165) is 6.33 Å². The molecule has 0 atom stereocenters. The molecule has 0 fully saturated rings. The van der Waals surface area contributed by atoms with Crippen molar-refractivity contribution in [2.75, 3.05) is 0 Å². The summed E-state index contributed by atoms with van der Waals surface area (Å²) in [5.74, 6) is -1.53. The Morgan fingerprint density at radius 2 is 2.18 bits per heavy atom. The highest BCUT2D eigenvalue weighted by atomic mass is 19.3. The van der Waals surface area contributed by atoms with Gasteiger partial charge in [-0.2, -0.15) is 4.39 Å². The van der Waals surface area contributed by atoms with Gasteiger partial charge in [-0.25, -0.2) is 13.8 Å². The molecule has 1 heterocycles. The lowest BCUT2D eigenvalue weighted by molar-refractivity contribution is 0.140. The van der Waals surface area contributed by atoms with E-state index in [1.807, 2.05) is 4.98 Å². The van der Waals surface area contributed by atoms with Crippen molar-refractivity contribution in [3.8, 4) is 0 Å². The number of alkyl halides is 2. The predicted octanol–water partition coefficient (Wildman–Crippen LogP) is 0.847. The summed E-state index contributed by atoms with van der Waals surface area (Å²) in [5, 5.41) is 0. The van der Waals surface area contributed by atoms with Crippen molar-refractivity contribution >= 4 is 0 Å². The zero-order valence-electron chi connectivity index (χ0n) is 5.14. The molecule has 0 aliphatic carbocycles. The maximum absolute atomic E-state index is 12.4. The van der Waals surface area contributed by atoms with Gasteiger partial charge in [-0.05, 0) is 0 Å². The minimum atomic E-state index is -3.06. The van der Waals surface area contributed by atoms with Crippen molar-refractivity contribution in [1.29, 1.82) is 0 Å². The summed E-state index contributed by atoms with van der Waals surface area (Å²) in [4.78, 5) is 15.1. The molecule has 6 heteroatoms. The van der Waals surface area contributed by atoms with Crippen LogP contribution in [0.25, 0.3) is 0 Å². The van der Waals surface area contributed by atoms with Gasteiger partial charge in [0, 0.05) is 0 Å². The summed E-state index contributed by atoms with van der Waals surface area (Å²) in [6.07, 6.45) is -2.33. The minimum Gasteiger partial charge on any atom is -0.311 e. The molecule has 1 aromatic rings. The van der Waals surface area contributed by atoms with E-state index < -0.39 is 23.5 Å². The van der Waals surface area contributed by atoms with Crippen LogP contribution in [0.3, 0.4) is 0 Å². The third-order valence-electron chi connectivity index (χ3n) is 1.03. The standard InChI is InChI=1S/C5H3F3N2O/c6-2-3(4(7)8)9-1-10-5(2)11/h1,4H,(H,9,10,11). The maximum Gasteiger partial charge on any atom is 0.287 e. The summed E-state index contributed by atoms with van der Waals surface area (Å²) in [6.45, 7) is 0. The first kappa shape index (κ1) is 7.77. The predicted molar refractivity (Wildman–Crippen MR) is 29.8 cm³/mol. The molecule has 0 spiro atoms. The largest absolute Gasteiger partial charge is 0.311 e. The Kier molecular flexibility index (Phi) is 1.93. The molecule has 1 N–H and O–H groups in total. The van der Waals surface area contributed by atoms with Crippen LogP contribution in [0.5, 0.6) is 0 Å². The molecule has 0 saturated heterocycles. The van der Waals surface area contributed by atoms with Crippen LogP contribution in [-0.4, -0.2) is 9.97 Å². The summed E-state index contributed by atoms with van der Waals surface area (Å²) < 4.78 is 35.9. The molecule has 0 radical (unpaired) electrons. The number of aromatic amines is 1. The molecule has 0 bridgehead atoms. The van der Waals surface area contributed by atoms with Crippen LogP contribution in [-0.2, 0) is 0 Å². The van der Waals surface area contributed by atoms with Crippen molar-refractivity contribution in [2.24, 2.45) is 0 Å². The fourth-order valence-corrected chi connectivity index (χ4v) is 0.549. The molecule has 0 aromatic carbocycles. The van der Waals surface area contributed by atoms with Crippen LogP contribution in [0.4, 0.5) is 13.2 Å². The second-order valence-electron chi connectivity index (χ2n) is 1.73. The number of aromatic nitrogens is 2. The molecular formula is C5H3F3N2O. The smallest absolute Gasteiger partial charge is 0.287 e. The van der Waals surface area contributed by atoms with Gasteiger partial charge in [0.15, 0.2) is 0 Å². The van der Waals surface area contributed by atoms with E-state index in [1.54, 1.807) is 0 Å². The Morgan fingerprint density at radius 3 is 2.64 bits per heavy atom. The average molecular weight is 164 g/mol. The number of rotatable bonds is 1. The van der Waals surface area contributed by atoms with Crippen molar-refractivity contribution in [2.45, 2.75) is 6.43 Å². The fraction of sp³-hybridized carbons (Fsp3) is 0.200. The monoisotopic (exact) mass is 164 g/mol. The summed E-state index contributed by atoms with van der Waals surface area (Å²) in [5.41, 5.74) is -2.30. The van der Waals surface area contributed by atoms with Crippen molar-refractivity contribution in [1.82, 2.24) is 9.97 Å². The van der Waals surface area contributed by atoms with Gasteiger partial charge in [0.25, 0.3) is 12.0 Å². The topological polar surface area (TPSA) is 45.8 Å². The number of H-pyrrole nitrogens is 1. The fourth-order valence-electron chi connectivity index (χ4n) is 0.549. The first-order valence-corrected chi connectivity index (χ1v) is 2.64. The Labute approximate surface area is 58.9 Å². The van der Waals surface area contributed by atoms with Gasteiger partial charge >= 0.3 is 0 Å². The lowest BCUT2D eigenvalue weighted by Crippen LogP contribution is -2.14. The van der Waals surface area contributed by atoms with E-state index in [-0.39, 0.29) is 0 Å². The maximum atomic E-state index is 12.4. The molecule has 3 nitrogen and oxygen atoms in total. The third kappa shape index (κ3) is 1.39. The molecule has 1 rings (SSSR count). The molecule has 0 aliphatic rings. The van der Waals surface area contributed by atoms with Gasteiger partial charge in [-0.1, -0.05) is 0 Å². The molecule has 0 aliphatic heterocycles. The van der Waals surface area contributed by atoms with E-state index in [1.165, 1.54) is 0 Å². The van der Waals surface area contributed by atoms with Crippen molar-refractivity contribution < 1.29 is 13.2 Å². The van der Waals surface area contributed by atoms with Gasteiger partial charge in [0.05, 0.1) is 6.33 Å². The average Bonchev–Trinajstić information content (AvgIpc) is 1.94. The molecule has 0 unspecified atom stereocenters. The van der Waals surface area contributed by atoms with Gasteiger partial charge in [-0.15, -0.1) is 0 Å². The Morgan fingerprint density at radius 1 is 1.55 bits per heavy atom. The van der Waals surface area contributed by atoms with Gasteiger partial charge in [-0.3, -0.25) is 4.79 Å². The molecule has 0 amide bonds. The second kappa shape index (κ2) is 2.73. The van der Waals surface area contributed by atoms with Crippen LogP contribution in [0.15, 0.2) is 11.1 Å². The van der Waals surface area contributed by atoms with Gasteiger partial charge < -0.3 is 4.98 Å². The molecule has 1 aromatic heterocycles. The lowest BCUT2D eigenvalue weighted by atomic mass is 10.4. The third-order valence-corrected chi connectivity index (χ3v) is 1.03. The first-order valence-electron chi connectivity index (χ1n) is 2.64. The lowest BCUT2D eigenvalue weighted by Gasteiger charge is -1.96. The van der Waals surface area contributed by atoms with Crippen LogP contribution >= 0.6 is 0 Å². The van der Waals surface area contributed by atoms with Crippen LogP contribution in [0, 0.1) is 5.82 Å². The van der Waals surface area contributed by atoms with Crippen LogP contribution in [0.2, 0.25) is 0 Å². The number of hydrogen-bond acceptors (Lipinski definition) is 2. The Bertz CT molecular complexity index is 309. The van der Waals surface area contributed by atoms with Crippen LogP contribution in [0.1, 0.15) is 12.1 Å². The highest BCUT2D eigenvalue weighted by Crippen LogP contribution is 2.15. The highest BCUT2D eigenvalue weighted by molar-refractivity contribution is 5.02. The minimum absolute atomic E-state index is 0.729. The molecule has 60 valence electrons. The Hall–Kier alpha value is -1.33. The Balaban J connectivity index is 3.28. The van der Waals surface area contributed by atoms with Crippen molar-refractivity contribution in [3.05, 3.63) is 28.2 Å². The highest BCUT2D eigenvalue weighted by Gasteiger charge is 2.16. The van der Waals surface area contributed by atoms with Crippen molar-refractivity contribution in [3.63, 3.8) is 0 Å². The van der Waals surface area contributed by atoms with Crippen LogP contribution < -0.4 is 5.56 Å². The van der Waals surface area contributed by atoms with E-state index in [4.69, 9.17) is 0 Å². The number of nitrogens with one attached hydrogen (secondary N) is 1. The normalized spacial score (nSPS) is 10.5. The van der Waals surface area contributed by atoms with E-state index >= 15 is 0 Å². The quantitative estimate of drug-likeness (QED) is 0.668. The molecule has 0 saturated carbocycles. The zero-order valence-corrected chi connectivity index (χ0v) is 5.14. The number of hydrogen-bond donors (Lipinski definition) is 1. The van der Waals surface area contributed by atoms with E-state index in [2.05, 4.69) is 4.98 Å². The SMILES string of the molecule is O=c1[nH]cnc(C(F)F)c1F. The number of halogens is 3. The zero-order chi connectivity index (χ0) is 8.43. The van der Waals surface area contributed by atoms with E-state index in [0.29, 0.717) is 0 Å². The summed E-state index contributed by atoms with van der Waals surface area (Å²) in [7, 11) is 0. The molecule has 11 heavy (non-hydrogen) atoms. The summed E-state index contributed by atoms with van der Waals surface area (Å²) >= 11 is 0. The van der Waals surface area contributed by atoms with E-state index in [9.17, 15) is 18.0 Å². The summed E-state index contributed by atoms with van der Waals surface area (Å²) in [6, 6.07) is 0. The van der Waals surface area contributed by atoms with Gasteiger partial charge in [0.1, 0.15) is 5.69 Å². The number of nitrogens with zero attached hydrogens (tertiary/aromatic N) is 1. The van der Waals surface area contributed by atoms with Gasteiger partial charge in [0.2, 0.25) is 5.82 Å². The first-order chi connectivity index (χ1) is 5.13. The second-order valence-corrected chi connectivity index (χ2v) is 1.73.